The van der Waals surface area contributed by atoms with Crippen LogP contribution < -0.4 is 10.5 Å². The molecule has 0 radical (unpaired) electrons. The second-order valence-electron chi connectivity index (χ2n) is 5.93. The van der Waals surface area contributed by atoms with Crippen molar-refractivity contribution in [3.05, 3.63) is 34.9 Å². The summed E-state index contributed by atoms with van der Waals surface area (Å²) < 4.78 is 14.2. The number of nitrogen functional groups attached to an aromatic ring is 1. The lowest BCUT2D eigenvalue weighted by Crippen LogP contribution is -2.11. The van der Waals surface area contributed by atoms with E-state index in [9.17, 15) is 0 Å². The molecule has 0 atom stereocenters. The molecular formula is C18H21BrN4O2S. The van der Waals surface area contributed by atoms with E-state index in [1.54, 1.807) is 25.1 Å². The van der Waals surface area contributed by atoms with Crippen LogP contribution in [0.5, 0.6) is 5.75 Å². The fraction of sp³-hybridized carbons (Fsp3) is 0.333. The highest BCUT2D eigenvalue weighted by molar-refractivity contribution is 9.10. The van der Waals surface area contributed by atoms with Crippen molar-refractivity contribution in [2.45, 2.75) is 36.5 Å². The number of imidazole rings is 1. The lowest BCUT2D eigenvalue weighted by Gasteiger charge is -2.12. The number of hydrogen-bond acceptors (Lipinski definition) is 6. The first-order valence-corrected chi connectivity index (χ1v) is 9.84. The van der Waals surface area contributed by atoms with E-state index in [2.05, 4.69) is 25.5 Å². The minimum absolute atomic E-state index is 0.181. The molecule has 0 bridgehead atoms. The van der Waals surface area contributed by atoms with Gasteiger partial charge in [0.15, 0.2) is 11.0 Å². The van der Waals surface area contributed by atoms with E-state index in [-0.39, 0.29) is 6.10 Å². The van der Waals surface area contributed by atoms with Gasteiger partial charge in [-0.15, -0.1) is 0 Å². The van der Waals surface area contributed by atoms with Crippen LogP contribution in [0.4, 0.5) is 5.82 Å². The number of halogens is 1. The molecule has 0 unspecified atom stereocenters. The average Bonchev–Trinajstić information content (AvgIpc) is 2.96. The Kier molecular flexibility index (Phi) is 6.05. The molecule has 0 saturated carbocycles. The summed E-state index contributed by atoms with van der Waals surface area (Å²) in [4.78, 5) is 9.89. The Labute approximate surface area is 165 Å². The number of ether oxygens (including phenoxy) is 2. The van der Waals surface area contributed by atoms with E-state index in [4.69, 9.17) is 20.2 Å². The topological polar surface area (TPSA) is 75.2 Å². The van der Waals surface area contributed by atoms with E-state index >= 15 is 0 Å². The molecule has 0 amide bonds. The Morgan fingerprint density at radius 2 is 2.12 bits per heavy atom. The van der Waals surface area contributed by atoms with Crippen molar-refractivity contribution >= 4 is 44.5 Å². The molecule has 8 heteroatoms. The molecule has 2 aromatic heterocycles. The van der Waals surface area contributed by atoms with Crippen LogP contribution in [0, 0.1) is 0 Å². The normalized spacial score (nSPS) is 11.4. The summed E-state index contributed by atoms with van der Waals surface area (Å²) in [5.74, 6) is 1.22. The van der Waals surface area contributed by atoms with Crippen molar-refractivity contribution < 1.29 is 9.47 Å². The van der Waals surface area contributed by atoms with Crippen LogP contribution in [-0.2, 0) is 11.3 Å². The van der Waals surface area contributed by atoms with Crippen molar-refractivity contribution in [2.24, 2.45) is 0 Å². The van der Waals surface area contributed by atoms with Crippen molar-refractivity contribution in [2.75, 3.05) is 19.5 Å². The quantitative estimate of drug-likeness (QED) is 0.592. The van der Waals surface area contributed by atoms with Crippen LogP contribution in [0.3, 0.4) is 0 Å². The maximum Gasteiger partial charge on any atom is 0.174 e. The first-order chi connectivity index (χ1) is 12.5. The molecule has 0 fully saturated rings. The Hall–Kier alpha value is -1.77. The predicted octanol–water partition coefficient (Wildman–Crippen LogP) is 4.36. The molecule has 26 heavy (non-hydrogen) atoms. The predicted molar refractivity (Wildman–Crippen MR) is 108 cm³/mol. The molecule has 3 aromatic rings. The first kappa shape index (κ1) is 19.0. The highest BCUT2D eigenvalue weighted by atomic mass is 79.9. The summed E-state index contributed by atoms with van der Waals surface area (Å²) in [6, 6.07) is 7.78. The molecular weight excluding hydrogens is 416 g/mol. The van der Waals surface area contributed by atoms with Crippen LogP contribution in [0.25, 0.3) is 11.0 Å². The van der Waals surface area contributed by atoms with Gasteiger partial charge in [-0.3, -0.25) is 0 Å². The number of pyridine rings is 1. The number of nitrogens with zero attached hydrogens (tertiary/aromatic N) is 3. The number of anilines is 1. The maximum absolute atomic E-state index is 6.03. The molecule has 138 valence electrons. The summed E-state index contributed by atoms with van der Waals surface area (Å²) in [5.41, 5.74) is 7.68. The van der Waals surface area contributed by atoms with Gasteiger partial charge in [-0.2, -0.15) is 0 Å². The monoisotopic (exact) mass is 436 g/mol. The highest BCUT2D eigenvalue weighted by Crippen LogP contribution is 2.37. The summed E-state index contributed by atoms with van der Waals surface area (Å²) in [6.07, 6.45) is 1.88. The molecule has 0 spiro atoms. The van der Waals surface area contributed by atoms with Gasteiger partial charge < -0.3 is 19.8 Å². The van der Waals surface area contributed by atoms with E-state index < -0.39 is 0 Å². The summed E-state index contributed by atoms with van der Waals surface area (Å²) in [5, 5.41) is 0.834. The highest BCUT2D eigenvalue weighted by Gasteiger charge is 2.16. The van der Waals surface area contributed by atoms with Crippen LogP contribution in [0.1, 0.15) is 13.8 Å². The molecule has 1 aromatic carbocycles. The maximum atomic E-state index is 6.03. The van der Waals surface area contributed by atoms with Gasteiger partial charge in [0.25, 0.3) is 0 Å². The van der Waals surface area contributed by atoms with Gasteiger partial charge >= 0.3 is 0 Å². The number of methoxy groups -OCH3 is 1. The summed E-state index contributed by atoms with van der Waals surface area (Å²) in [7, 11) is 1.66. The number of fused-ring (bicyclic) bond motifs is 1. The zero-order valence-corrected chi connectivity index (χ0v) is 17.3. The molecule has 3 rings (SSSR count). The van der Waals surface area contributed by atoms with E-state index in [0.29, 0.717) is 24.5 Å². The minimum atomic E-state index is 0.181. The van der Waals surface area contributed by atoms with E-state index in [1.165, 1.54) is 0 Å². The molecule has 2 N–H and O–H groups in total. The van der Waals surface area contributed by atoms with Gasteiger partial charge in [-0.05, 0) is 54.0 Å². The van der Waals surface area contributed by atoms with Crippen LogP contribution in [-0.4, -0.2) is 34.4 Å². The minimum Gasteiger partial charge on any atom is -0.497 e. The Balaban J connectivity index is 2.00. The second kappa shape index (κ2) is 8.28. The number of benzene rings is 1. The van der Waals surface area contributed by atoms with Gasteiger partial charge in [-0.1, -0.05) is 11.8 Å². The standard InChI is InChI=1S/C18H21BrN4O2S/c1-11(2)25-9-8-23-14-6-7-21-17(20)16(14)22-18(23)26-15-10-12(24-3)4-5-13(15)19/h4-7,10-11H,8-9H2,1-3H3,(H2,20,21). The zero-order valence-electron chi connectivity index (χ0n) is 14.9. The Bertz CT molecular complexity index is 914. The van der Waals surface area contributed by atoms with Gasteiger partial charge in [0.2, 0.25) is 0 Å². The van der Waals surface area contributed by atoms with Crippen molar-refractivity contribution in [3.63, 3.8) is 0 Å². The fourth-order valence-corrected chi connectivity index (χ4v) is 3.98. The number of nitrogens with two attached hydrogens (primary N) is 1. The molecule has 2 heterocycles. The average molecular weight is 437 g/mol. The summed E-state index contributed by atoms with van der Waals surface area (Å²) in [6.45, 7) is 5.33. The van der Waals surface area contributed by atoms with Gasteiger partial charge in [0, 0.05) is 22.1 Å². The van der Waals surface area contributed by atoms with Crippen LogP contribution >= 0.6 is 27.7 Å². The van der Waals surface area contributed by atoms with Crippen LogP contribution in [0.15, 0.2) is 45.0 Å². The largest absolute Gasteiger partial charge is 0.497 e. The number of rotatable bonds is 7. The van der Waals surface area contributed by atoms with E-state index in [0.717, 1.165) is 25.8 Å². The van der Waals surface area contributed by atoms with E-state index in [1.807, 2.05) is 38.1 Å². The third kappa shape index (κ3) is 4.13. The summed E-state index contributed by atoms with van der Waals surface area (Å²) >= 11 is 5.15. The third-order valence-electron chi connectivity index (χ3n) is 3.77. The number of aromatic nitrogens is 3. The van der Waals surface area contributed by atoms with Crippen molar-refractivity contribution in [1.82, 2.24) is 14.5 Å². The third-order valence-corrected chi connectivity index (χ3v) is 5.77. The van der Waals surface area contributed by atoms with Crippen molar-refractivity contribution in [3.8, 4) is 5.75 Å². The number of hydrogen-bond donors (Lipinski definition) is 1. The lowest BCUT2D eigenvalue weighted by molar-refractivity contribution is 0.0721. The van der Waals surface area contributed by atoms with Gasteiger partial charge in [0.1, 0.15) is 11.3 Å². The van der Waals surface area contributed by atoms with Gasteiger partial charge in [-0.25, -0.2) is 9.97 Å². The van der Waals surface area contributed by atoms with Gasteiger partial charge in [0.05, 0.1) is 25.3 Å². The lowest BCUT2D eigenvalue weighted by atomic mass is 10.3. The zero-order chi connectivity index (χ0) is 18.7. The molecule has 0 aliphatic carbocycles. The molecule has 0 aliphatic rings. The Morgan fingerprint density at radius 1 is 1.31 bits per heavy atom. The Morgan fingerprint density at radius 3 is 2.85 bits per heavy atom. The second-order valence-corrected chi connectivity index (χ2v) is 7.79. The molecule has 0 saturated heterocycles. The van der Waals surface area contributed by atoms with Crippen molar-refractivity contribution in [1.29, 1.82) is 0 Å². The first-order valence-electron chi connectivity index (χ1n) is 8.23. The molecule has 6 nitrogen and oxygen atoms in total. The SMILES string of the molecule is COc1ccc(Br)c(Sc2nc3c(N)nccc3n2CCOC(C)C)c1. The molecule has 0 aliphatic heterocycles. The smallest absolute Gasteiger partial charge is 0.174 e. The fourth-order valence-electron chi connectivity index (χ4n) is 2.51. The van der Waals surface area contributed by atoms with Crippen LogP contribution in [0.2, 0.25) is 0 Å².